The van der Waals surface area contributed by atoms with E-state index < -0.39 is 0 Å². The second-order valence-corrected chi connectivity index (χ2v) is 5.02. The molecule has 0 aromatic heterocycles. The van der Waals surface area contributed by atoms with Crippen LogP contribution in [0.25, 0.3) is 0 Å². The quantitative estimate of drug-likeness (QED) is 0.620. The van der Waals surface area contributed by atoms with Crippen LogP contribution in [0, 0.1) is 5.82 Å². The maximum absolute atomic E-state index is 13.1. The molecule has 1 unspecified atom stereocenters. The number of nitrogens with zero attached hydrogens (tertiary/aromatic N) is 1. The van der Waals surface area contributed by atoms with E-state index in [1.807, 2.05) is 13.8 Å². The topological polar surface area (TPSA) is 45.7 Å². The summed E-state index contributed by atoms with van der Waals surface area (Å²) >= 11 is 0. The number of aliphatic imine (C=N–C) groups is 1. The predicted octanol–water partition coefficient (Wildman–Crippen LogP) is 2.31. The normalized spacial score (nSPS) is 16.6. The molecular formula is C15H22FN3O. The van der Waals surface area contributed by atoms with Crippen molar-refractivity contribution in [1.29, 1.82) is 0 Å². The second kappa shape index (κ2) is 7.12. The van der Waals surface area contributed by atoms with Crippen molar-refractivity contribution in [2.45, 2.75) is 38.8 Å². The van der Waals surface area contributed by atoms with Gasteiger partial charge in [-0.25, -0.2) is 9.38 Å². The maximum Gasteiger partial charge on any atom is 0.191 e. The van der Waals surface area contributed by atoms with E-state index >= 15 is 0 Å². The Morgan fingerprint density at radius 3 is 2.95 bits per heavy atom. The fourth-order valence-corrected chi connectivity index (χ4v) is 1.77. The summed E-state index contributed by atoms with van der Waals surface area (Å²) in [4.78, 5) is 4.49. The highest BCUT2D eigenvalue weighted by Crippen LogP contribution is 2.18. The molecule has 2 rings (SSSR count). The first kappa shape index (κ1) is 14.6. The number of hydrogen-bond acceptors (Lipinski definition) is 2. The van der Waals surface area contributed by atoms with Crippen molar-refractivity contribution in [2.24, 2.45) is 4.99 Å². The zero-order valence-corrected chi connectivity index (χ0v) is 12.0. The summed E-state index contributed by atoms with van der Waals surface area (Å²) in [6, 6.07) is 6.73. The van der Waals surface area contributed by atoms with E-state index in [1.165, 1.54) is 25.0 Å². The molecule has 20 heavy (non-hydrogen) atoms. The fourth-order valence-electron chi connectivity index (χ4n) is 1.77. The minimum absolute atomic E-state index is 0.105. The smallest absolute Gasteiger partial charge is 0.191 e. The largest absolute Gasteiger partial charge is 0.489 e. The standard InChI is InChI=1S/C15H22FN3O/c1-3-17-15(19-13-7-8-13)18-10-11(2)20-14-6-4-5-12(16)9-14/h4-6,9,11,13H,3,7-8,10H2,1-2H3,(H2,17,18,19). The Morgan fingerprint density at radius 1 is 1.50 bits per heavy atom. The Balaban J connectivity index is 1.83. The van der Waals surface area contributed by atoms with Crippen molar-refractivity contribution in [2.75, 3.05) is 13.1 Å². The fraction of sp³-hybridized carbons (Fsp3) is 0.533. The third-order valence-electron chi connectivity index (χ3n) is 2.90. The molecular weight excluding hydrogens is 257 g/mol. The highest BCUT2D eigenvalue weighted by molar-refractivity contribution is 5.80. The highest BCUT2D eigenvalue weighted by atomic mass is 19.1. The molecule has 4 nitrogen and oxygen atoms in total. The maximum atomic E-state index is 13.1. The molecule has 1 atom stereocenters. The van der Waals surface area contributed by atoms with Crippen LogP contribution in [0.5, 0.6) is 5.75 Å². The van der Waals surface area contributed by atoms with Crippen LogP contribution in [-0.4, -0.2) is 31.2 Å². The number of hydrogen-bond donors (Lipinski definition) is 2. The SMILES string of the molecule is CCNC(=NCC(C)Oc1cccc(F)c1)NC1CC1. The Kier molecular flexibility index (Phi) is 5.21. The minimum atomic E-state index is -0.290. The van der Waals surface area contributed by atoms with Crippen LogP contribution in [0.1, 0.15) is 26.7 Å². The first-order valence-electron chi connectivity index (χ1n) is 7.14. The third-order valence-corrected chi connectivity index (χ3v) is 2.90. The lowest BCUT2D eigenvalue weighted by atomic mass is 10.3. The van der Waals surface area contributed by atoms with Gasteiger partial charge >= 0.3 is 0 Å². The van der Waals surface area contributed by atoms with Crippen molar-refractivity contribution in [3.8, 4) is 5.75 Å². The number of guanidine groups is 1. The number of rotatable bonds is 6. The molecule has 0 saturated heterocycles. The van der Waals surface area contributed by atoms with Crippen molar-refractivity contribution < 1.29 is 9.13 Å². The Labute approximate surface area is 119 Å². The van der Waals surface area contributed by atoms with Gasteiger partial charge in [0.1, 0.15) is 17.7 Å². The zero-order valence-electron chi connectivity index (χ0n) is 12.0. The lowest BCUT2D eigenvalue weighted by Gasteiger charge is -2.15. The number of ether oxygens (including phenoxy) is 1. The molecule has 5 heteroatoms. The molecule has 1 aliphatic rings. The molecule has 0 aliphatic heterocycles. The number of benzene rings is 1. The van der Waals surface area contributed by atoms with Crippen molar-refractivity contribution in [3.05, 3.63) is 30.1 Å². The molecule has 1 saturated carbocycles. The first-order chi connectivity index (χ1) is 9.67. The summed E-state index contributed by atoms with van der Waals surface area (Å²) in [5.74, 6) is 1.07. The van der Waals surface area contributed by atoms with Gasteiger partial charge in [-0.3, -0.25) is 0 Å². The monoisotopic (exact) mass is 279 g/mol. The predicted molar refractivity (Wildman–Crippen MR) is 78.6 cm³/mol. The van der Waals surface area contributed by atoms with Gasteiger partial charge in [0.2, 0.25) is 0 Å². The van der Waals surface area contributed by atoms with Crippen molar-refractivity contribution in [3.63, 3.8) is 0 Å². The summed E-state index contributed by atoms with van der Waals surface area (Å²) in [5.41, 5.74) is 0. The van der Waals surface area contributed by atoms with Gasteiger partial charge in [-0.15, -0.1) is 0 Å². The van der Waals surface area contributed by atoms with E-state index in [2.05, 4.69) is 15.6 Å². The number of nitrogens with one attached hydrogen (secondary N) is 2. The lowest BCUT2D eigenvalue weighted by molar-refractivity contribution is 0.229. The molecule has 110 valence electrons. The second-order valence-electron chi connectivity index (χ2n) is 5.02. The molecule has 1 aromatic carbocycles. The van der Waals surface area contributed by atoms with E-state index in [9.17, 15) is 4.39 Å². The Hall–Kier alpha value is -1.78. The Bertz CT molecular complexity index is 460. The summed E-state index contributed by atoms with van der Waals surface area (Å²) < 4.78 is 18.7. The van der Waals surface area contributed by atoms with Crippen LogP contribution in [0.15, 0.2) is 29.3 Å². The van der Waals surface area contributed by atoms with E-state index in [0.29, 0.717) is 18.3 Å². The molecule has 0 heterocycles. The third kappa shape index (κ3) is 5.07. The summed E-state index contributed by atoms with van der Waals surface area (Å²) in [6.45, 7) is 5.32. The van der Waals surface area contributed by atoms with Crippen LogP contribution in [0.4, 0.5) is 4.39 Å². The zero-order chi connectivity index (χ0) is 14.4. The molecule has 1 aliphatic carbocycles. The van der Waals surface area contributed by atoms with E-state index in [1.54, 1.807) is 12.1 Å². The molecule has 2 N–H and O–H groups in total. The van der Waals surface area contributed by atoms with Gasteiger partial charge in [0.25, 0.3) is 0 Å². The lowest BCUT2D eigenvalue weighted by Crippen LogP contribution is -2.39. The van der Waals surface area contributed by atoms with Gasteiger partial charge in [0, 0.05) is 18.7 Å². The summed E-state index contributed by atoms with van der Waals surface area (Å²) in [5, 5.41) is 6.55. The molecule has 0 radical (unpaired) electrons. The van der Waals surface area contributed by atoms with Gasteiger partial charge in [-0.05, 0) is 38.8 Å². The molecule has 1 aromatic rings. The van der Waals surface area contributed by atoms with Crippen LogP contribution < -0.4 is 15.4 Å². The van der Waals surface area contributed by atoms with Gasteiger partial charge in [0.05, 0.1) is 6.54 Å². The van der Waals surface area contributed by atoms with E-state index in [4.69, 9.17) is 4.74 Å². The Morgan fingerprint density at radius 2 is 2.30 bits per heavy atom. The molecule has 0 amide bonds. The van der Waals surface area contributed by atoms with Crippen LogP contribution in [0.2, 0.25) is 0 Å². The van der Waals surface area contributed by atoms with Gasteiger partial charge < -0.3 is 15.4 Å². The van der Waals surface area contributed by atoms with Gasteiger partial charge in [0.15, 0.2) is 5.96 Å². The average Bonchev–Trinajstić information content (AvgIpc) is 3.20. The highest BCUT2D eigenvalue weighted by Gasteiger charge is 2.22. The minimum Gasteiger partial charge on any atom is -0.489 e. The van der Waals surface area contributed by atoms with Crippen molar-refractivity contribution in [1.82, 2.24) is 10.6 Å². The number of halogens is 1. The van der Waals surface area contributed by atoms with E-state index in [-0.39, 0.29) is 11.9 Å². The molecule has 0 bridgehead atoms. The molecule has 1 fully saturated rings. The van der Waals surface area contributed by atoms with Crippen LogP contribution in [0.3, 0.4) is 0 Å². The van der Waals surface area contributed by atoms with Crippen molar-refractivity contribution >= 4 is 5.96 Å². The van der Waals surface area contributed by atoms with Crippen LogP contribution in [-0.2, 0) is 0 Å². The summed E-state index contributed by atoms with van der Waals surface area (Å²) in [6.07, 6.45) is 2.31. The average molecular weight is 279 g/mol. The summed E-state index contributed by atoms with van der Waals surface area (Å²) in [7, 11) is 0. The molecule has 0 spiro atoms. The van der Waals surface area contributed by atoms with Gasteiger partial charge in [-0.1, -0.05) is 6.07 Å². The first-order valence-corrected chi connectivity index (χ1v) is 7.14. The van der Waals surface area contributed by atoms with Crippen LogP contribution >= 0.6 is 0 Å². The van der Waals surface area contributed by atoms with Gasteiger partial charge in [-0.2, -0.15) is 0 Å². The van der Waals surface area contributed by atoms with E-state index in [0.717, 1.165) is 12.5 Å².